The zero-order chi connectivity index (χ0) is 9.14. The minimum Gasteiger partial charge on any atom is -0.393 e. The first-order valence-corrected chi connectivity index (χ1v) is 5.29. The maximum absolute atomic E-state index is 9.48. The van der Waals surface area contributed by atoms with E-state index in [4.69, 9.17) is 0 Å². The SMILES string of the molecule is CC(C)C1CCCC(C(C)O)C1. The van der Waals surface area contributed by atoms with Gasteiger partial charge >= 0.3 is 0 Å². The van der Waals surface area contributed by atoms with Gasteiger partial charge in [-0.05, 0) is 37.5 Å². The van der Waals surface area contributed by atoms with Gasteiger partial charge in [0.2, 0.25) is 0 Å². The van der Waals surface area contributed by atoms with Crippen molar-refractivity contribution in [3.63, 3.8) is 0 Å². The molecule has 0 aromatic carbocycles. The topological polar surface area (TPSA) is 20.2 Å². The van der Waals surface area contributed by atoms with Gasteiger partial charge in [0.05, 0.1) is 6.10 Å². The van der Waals surface area contributed by atoms with Crippen LogP contribution >= 0.6 is 0 Å². The predicted molar refractivity (Wildman–Crippen MR) is 52.0 cm³/mol. The molecule has 0 aromatic rings. The Morgan fingerprint density at radius 1 is 1.08 bits per heavy atom. The molecule has 0 radical (unpaired) electrons. The summed E-state index contributed by atoms with van der Waals surface area (Å²) in [5.74, 6) is 2.23. The van der Waals surface area contributed by atoms with E-state index in [1.807, 2.05) is 6.92 Å². The van der Waals surface area contributed by atoms with Crippen LogP contribution in [0, 0.1) is 17.8 Å². The number of hydrogen-bond donors (Lipinski definition) is 1. The lowest BCUT2D eigenvalue weighted by atomic mass is 9.74. The molecule has 1 rings (SSSR count). The van der Waals surface area contributed by atoms with E-state index >= 15 is 0 Å². The zero-order valence-corrected chi connectivity index (χ0v) is 8.59. The van der Waals surface area contributed by atoms with Gasteiger partial charge in [-0.3, -0.25) is 0 Å². The van der Waals surface area contributed by atoms with E-state index < -0.39 is 0 Å². The van der Waals surface area contributed by atoms with E-state index in [9.17, 15) is 5.11 Å². The third-order valence-electron chi connectivity index (χ3n) is 3.38. The summed E-state index contributed by atoms with van der Waals surface area (Å²) in [7, 11) is 0. The van der Waals surface area contributed by atoms with Crippen molar-refractivity contribution in [2.45, 2.75) is 52.6 Å². The third-order valence-corrected chi connectivity index (χ3v) is 3.38. The molecular weight excluding hydrogens is 148 g/mol. The Labute approximate surface area is 76.2 Å². The van der Waals surface area contributed by atoms with Crippen LogP contribution in [-0.2, 0) is 0 Å². The van der Waals surface area contributed by atoms with Gasteiger partial charge in [-0.25, -0.2) is 0 Å². The minimum atomic E-state index is -0.0912. The summed E-state index contributed by atoms with van der Waals surface area (Å²) in [4.78, 5) is 0. The smallest absolute Gasteiger partial charge is 0.0540 e. The number of aliphatic hydroxyl groups excluding tert-OH is 1. The first-order chi connectivity index (χ1) is 5.61. The van der Waals surface area contributed by atoms with Crippen LogP contribution in [0.25, 0.3) is 0 Å². The minimum absolute atomic E-state index is 0.0912. The molecule has 1 aliphatic rings. The van der Waals surface area contributed by atoms with Crippen LogP contribution in [0.5, 0.6) is 0 Å². The Hall–Kier alpha value is -0.0400. The molecule has 1 fully saturated rings. The van der Waals surface area contributed by atoms with Crippen molar-refractivity contribution in [1.82, 2.24) is 0 Å². The van der Waals surface area contributed by atoms with E-state index in [1.54, 1.807) is 0 Å². The summed E-state index contributed by atoms with van der Waals surface area (Å²) in [6.45, 7) is 6.54. The second-order valence-electron chi connectivity index (χ2n) is 4.67. The van der Waals surface area contributed by atoms with Crippen molar-refractivity contribution < 1.29 is 5.11 Å². The summed E-state index contributed by atoms with van der Waals surface area (Å²) in [5, 5.41) is 9.48. The average Bonchev–Trinajstić information content (AvgIpc) is 2.04. The molecule has 0 amide bonds. The fourth-order valence-electron chi connectivity index (χ4n) is 2.31. The van der Waals surface area contributed by atoms with E-state index in [2.05, 4.69) is 13.8 Å². The van der Waals surface area contributed by atoms with Gasteiger partial charge < -0.3 is 5.11 Å². The Kier molecular flexibility index (Phi) is 3.57. The molecular formula is C11H22O. The fourth-order valence-corrected chi connectivity index (χ4v) is 2.31. The fraction of sp³-hybridized carbons (Fsp3) is 1.00. The Balaban J connectivity index is 2.40. The number of hydrogen-bond acceptors (Lipinski definition) is 1. The highest BCUT2D eigenvalue weighted by atomic mass is 16.3. The number of aliphatic hydroxyl groups is 1. The highest BCUT2D eigenvalue weighted by molar-refractivity contribution is 4.77. The molecule has 72 valence electrons. The van der Waals surface area contributed by atoms with Crippen LogP contribution in [0.3, 0.4) is 0 Å². The summed E-state index contributed by atoms with van der Waals surface area (Å²) >= 11 is 0. The zero-order valence-electron chi connectivity index (χ0n) is 8.59. The van der Waals surface area contributed by atoms with Crippen LogP contribution in [0.2, 0.25) is 0 Å². The first-order valence-electron chi connectivity index (χ1n) is 5.29. The van der Waals surface area contributed by atoms with Gasteiger partial charge in [0, 0.05) is 0 Å². The lowest BCUT2D eigenvalue weighted by molar-refractivity contribution is 0.0735. The predicted octanol–water partition coefficient (Wildman–Crippen LogP) is 2.83. The van der Waals surface area contributed by atoms with Gasteiger partial charge in [0.1, 0.15) is 0 Å². The van der Waals surface area contributed by atoms with Gasteiger partial charge in [-0.2, -0.15) is 0 Å². The van der Waals surface area contributed by atoms with E-state index in [0.717, 1.165) is 11.8 Å². The van der Waals surface area contributed by atoms with Crippen LogP contribution in [-0.4, -0.2) is 11.2 Å². The van der Waals surface area contributed by atoms with E-state index in [0.29, 0.717) is 5.92 Å². The van der Waals surface area contributed by atoms with Crippen molar-refractivity contribution in [2.75, 3.05) is 0 Å². The molecule has 0 aromatic heterocycles. The van der Waals surface area contributed by atoms with Crippen molar-refractivity contribution in [2.24, 2.45) is 17.8 Å². The highest BCUT2D eigenvalue weighted by Gasteiger charge is 2.26. The standard InChI is InChI=1S/C11H22O/c1-8(2)10-5-4-6-11(7-10)9(3)12/h8-12H,4-7H2,1-3H3. The maximum Gasteiger partial charge on any atom is 0.0540 e. The van der Waals surface area contributed by atoms with E-state index in [1.165, 1.54) is 25.7 Å². The second-order valence-corrected chi connectivity index (χ2v) is 4.67. The van der Waals surface area contributed by atoms with E-state index in [-0.39, 0.29) is 6.10 Å². The molecule has 0 saturated heterocycles. The maximum atomic E-state index is 9.48. The molecule has 0 aliphatic heterocycles. The van der Waals surface area contributed by atoms with Crippen molar-refractivity contribution >= 4 is 0 Å². The summed E-state index contributed by atoms with van der Waals surface area (Å²) in [5.41, 5.74) is 0. The quantitative estimate of drug-likeness (QED) is 0.675. The van der Waals surface area contributed by atoms with Crippen LogP contribution < -0.4 is 0 Å². The summed E-state index contributed by atoms with van der Waals surface area (Å²) in [6, 6.07) is 0. The molecule has 1 aliphatic carbocycles. The van der Waals surface area contributed by atoms with Crippen LogP contribution in [0.1, 0.15) is 46.5 Å². The van der Waals surface area contributed by atoms with Gasteiger partial charge in [-0.15, -0.1) is 0 Å². The normalized spacial score (nSPS) is 33.8. The molecule has 3 atom stereocenters. The molecule has 0 bridgehead atoms. The molecule has 0 spiro atoms. The molecule has 1 saturated carbocycles. The molecule has 0 heterocycles. The molecule has 12 heavy (non-hydrogen) atoms. The lowest BCUT2D eigenvalue weighted by Crippen LogP contribution is -2.26. The largest absolute Gasteiger partial charge is 0.393 e. The Bertz CT molecular complexity index is 115. The third kappa shape index (κ3) is 2.48. The lowest BCUT2D eigenvalue weighted by Gasteiger charge is -2.33. The second kappa shape index (κ2) is 4.27. The summed E-state index contributed by atoms with van der Waals surface area (Å²) in [6.07, 6.45) is 5.08. The van der Waals surface area contributed by atoms with Crippen LogP contribution in [0.15, 0.2) is 0 Å². The molecule has 3 unspecified atom stereocenters. The van der Waals surface area contributed by atoms with Crippen LogP contribution in [0.4, 0.5) is 0 Å². The van der Waals surface area contributed by atoms with Gasteiger partial charge in [0.25, 0.3) is 0 Å². The summed E-state index contributed by atoms with van der Waals surface area (Å²) < 4.78 is 0. The van der Waals surface area contributed by atoms with Gasteiger partial charge in [0.15, 0.2) is 0 Å². The number of rotatable bonds is 2. The van der Waals surface area contributed by atoms with Gasteiger partial charge in [-0.1, -0.05) is 26.7 Å². The van der Waals surface area contributed by atoms with Crippen molar-refractivity contribution in [3.8, 4) is 0 Å². The Morgan fingerprint density at radius 3 is 2.17 bits per heavy atom. The average molecular weight is 170 g/mol. The van der Waals surface area contributed by atoms with Crippen molar-refractivity contribution in [1.29, 1.82) is 0 Å². The first kappa shape index (κ1) is 10.0. The highest BCUT2D eigenvalue weighted by Crippen LogP contribution is 2.34. The molecule has 1 N–H and O–H groups in total. The molecule has 1 nitrogen and oxygen atoms in total. The van der Waals surface area contributed by atoms with Crippen molar-refractivity contribution in [3.05, 3.63) is 0 Å². The molecule has 1 heteroatoms. The monoisotopic (exact) mass is 170 g/mol. The Morgan fingerprint density at radius 2 is 1.67 bits per heavy atom.